The third-order valence-electron chi connectivity index (χ3n) is 1.99. The SMILES string of the molecule is Nc1n[nH]c(C(=O)N/N=C\c2ccc(O)cc2)n1. The van der Waals surface area contributed by atoms with Gasteiger partial charge in [0.25, 0.3) is 0 Å². The summed E-state index contributed by atoms with van der Waals surface area (Å²) in [7, 11) is 0. The zero-order chi connectivity index (χ0) is 13.0. The van der Waals surface area contributed by atoms with Crippen molar-refractivity contribution in [2.45, 2.75) is 0 Å². The Kier molecular flexibility index (Phi) is 3.19. The molecule has 1 amide bonds. The topological polar surface area (TPSA) is 129 Å². The third kappa shape index (κ3) is 2.82. The van der Waals surface area contributed by atoms with Crippen molar-refractivity contribution in [3.63, 3.8) is 0 Å². The van der Waals surface area contributed by atoms with Gasteiger partial charge < -0.3 is 10.8 Å². The number of rotatable bonds is 3. The first-order valence-corrected chi connectivity index (χ1v) is 4.95. The average molecular weight is 246 g/mol. The number of nitrogens with one attached hydrogen (secondary N) is 2. The summed E-state index contributed by atoms with van der Waals surface area (Å²) in [6.07, 6.45) is 1.43. The van der Waals surface area contributed by atoms with Gasteiger partial charge in [0.1, 0.15) is 5.75 Å². The lowest BCUT2D eigenvalue weighted by Gasteiger charge is -1.95. The van der Waals surface area contributed by atoms with E-state index in [0.29, 0.717) is 0 Å². The monoisotopic (exact) mass is 246 g/mol. The second-order valence-electron chi connectivity index (χ2n) is 3.33. The smallest absolute Gasteiger partial charge is 0.308 e. The van der Waals surface area contributed by atoms with Gasteiger partial charge >= 0.3 is 5.91 Å². The molecule has 2 rings (SSSR count). The highest BCUT2D eigenvalue weighted by atomic mass is 16.3. The van der Waals surface area contributed by atoms with E-state index < -0.39 is 5.91 Å². The molecule has 0 saturated carbocycles. The number of carbonyl (C=O) groups excluding carboxylic acids is 1. The lowest BCUT2D eigenvalue weighted by molar-refractivity contribution is 0.0945. The van der Waals surface area contributed by atoms with E-state index in [9.17, 15) is 4.79 Å². The summed E-state index contributed by atoms with van der Waals surface area (Å²) in [5.41, 5.74) is 8.24. The lowest BCUT2D eigenvalue weighted by atomic mass is 10.2. The van der Waals surface area contributed by atoms with Crippen LogP contribution in [0.15, 0.2) is 29.4 Å². The van der Waals surface area contributed by atoms with Crippen molar-refractivity contribution >= 4 is 18.1 Å². The van der Waals surface area contributed by atoms with Gasteiger partial charge in [0.15, 0.2) is 0 Å². The largest absolute Gasteiger partial charge is 0.508 e. The van der Waals surface area contributed by atoms with Crippen LogP contribution in [0, 0.1) is 0 Å². The van der Waals surface area contributed by atoms with E-state index in [2.05, 4.69) is 25.7 Å². The van der Waals surface area contributed by atoms with Crippen molar-refractivity contribution < 1.29 is 9.90 Å². The molecule has 0 radical (unpaired) electrons. The highest BCUT2D eigenvalue weighted by Crippen LogP contribution is 2.07. The number of nitrogens with two attached hydrogens (primary N) is 1. The molecule has 0 bridgehead atoms. The number of phenols is 1. The zero-order valence-electron chi connectivity index (χ0n) is 9.16. The van der Waals surface area contributed by atoms with Crippen molar-refractivity contribution in [1.29, 1.82) is 0 Å². The Bertz CT molecular complexity index is 574. The predicted molar refractivity (Wildman–Crippen MR) is 64.0 cm³/mol. The Morgan fingerprint density at radius 1 is 1.44 bits per heavy atom. The van der Waals surface area contributed by atoms with Crippen LogP contribution in [-0.4, -0.2) is 32.4 Å². The van der Waals surface area contributed by atoms with Gasteiger partial charge in [0.2, 0.25) is 11.8 Å². The fraction of sp³-hybridized carbons (Fsp3) is 0. The van der Waals surface area contributed by atoms with Crippen LogP contribution in [0.25, 0.3) is 0 Å². The number of hydrazone groups is 1. The van der Waals surface area contributed by atoms with Crippen LogP contribution in [0.4, 0.5) is 5.95 Å². The Balaban J connectivity index is 1.95. The zero-order valence-corrected chi connectivity index (χ0v) is 9.16. The summed E-state index contributed by atoms with van der Waals surface area (Å²) in [5, 5.41) is 18.7. The molecule has 1 aromatic carbocycles. The maximum atomic E-state index is 11.4. The first-order chi connectivity index (χ1) is 8.65. The molecule has 0 atom stereocenters. The highest BCUT2D eigenvalue weighted by Gasteiger charge is 2.08. The van der Waals surface area contributed by atoms with Gasteiger partial charge in [0.05, 0.1) is 6.21 Å². The van der Waals surface area contributed by atoms with Gasteiger partial charge in [-0.1, -0.05) is 0 Å². The second-order valence-corrected chi connectivity index (χ2v) is 3.33. The molecule has 8 nitrogen and oxygen atoms in total. The van der Waals surface area contributed by atoms with Gasteiger partial charge in [-0.25, -0.2) is 5.43 Å². The number of nitrogen functional groups attached to an aromatic ring is 1. The van der Waals surface area contributed by atoms with Crippen molar-refractivity contribution in [2.24, 2.45) is 5.10 Å². The first kappa shape index (κ1) is 11.6. The van der Waals surface area contributed by atoms with Crippen LogP contribution in [0.5, 0.6) is 5.75 Å². The van der Waals surface area contributed by atoms with E-state index >= 15 is 0 Å². The number of aromatic nitrogens is 3. The number of amides is 1. The van der Waals surface area contributed by atoms with Crippen LogP contribution in [0.2, 0.25) is 0 Å². The van der Waals surface area contributed by atoms with E-state index in [1.54, 1.807) is 12.1 Å². The quantitative estimate of drug-likeness (QED) is 0.442. The Morgan fingerprint density at radius 2 is 2.17 bits per heavy atom. The maximum Gasteiger partial charge on any atom is 0.308 e. The average Bonchev–Trinajstić information content (AvgIpc) is 2.78. The number of nitrogens with zero attached hydrogens (tertiary/aromatic N) is 3. The first-order valence-electron chi connectivity index (χ1n) is 4.95. The molecule has 8 heteroatoms. The van der Waals surface area contributed by atoms with Crippen molar-refractivity contribution in [1.82, 2.24) is 20.6 Å². The standard InChI is InChI=1S/C10H10N6O2/c11-10-13-8(14-16-10)9(18)15-12-5-6-1-3-7(17)4-2-6/h1-5,17H,(H,15,18)(H3,11,13,14,16)/b12-5-. The van der Waals surface area contributed by atoms with Crippen molar-refractivity contribution in [3.8, 4) is 5.75 Å². The molecule has 5 N–H and O–H groups in total. The summed E-state index contributed by atoms with van der Waals surface area (Å²) in [6.45, 7) is 0. The second kappa shape index (κ2) is 4.95. The van der Waals surface area contributed by atoms with E-state index in [1.807, 2.05) is 0 Å². The molecular weight excluding hydrogens is 236 g/mol. The molecule has 18 heavy (non-hydrogen) atoms. The third-order valence-corrected chi connectivity index (χ3v) is 1.99. The number of H-pyrrole nitrogens is 1. The predicted octanol–water partition coefficient (Wildman–Crippen LogP) is -0.144. The van der Waals surface area contributed by atoms with Crippen LogP contribution in [0.1, 0.15) is 16.2 Å². The minimum atomic E-state index is -0.547. The summed E-state index contributed by atoms with van der Waals surface area (Å²) >= 11 is 0. The van der Waals surface area contributed by atoms with Crippen LogP contribution < -0.4 is 11.2 Å². The number of anilines is 1. The van der Waals surface area contributed by atoms with Crippen molar-refractivity contribution in [2.75, 3.05) is 5.73 Å². The minimum absolute atomic E-state index is 0.0114. The molecular formula is C10H10N6O2. The molecule has 0 saturated heterocycles. The van der Waals surface area contributed by atoms with E-state index in [1.165, 1.54) is 18.3 Å². The fourth-order valence-electron chi connectivity index (χ4n) is 1.16. The van der Waals surface area contributed by atoms with Gasteiger partial charge in [-0.15, -0.1) is 5.10 Å². The Labute approximate surface area is 102 Å². The summed E-state index contributed by atoms with van der Waals surface area (Å²) in [6, 6.07) is 6.33. The Morgan fingerprint density at radius 3 is 2.78 bits per heavy atom. The fourth-order valence-corrected chi connectivity index (χ4v) is 1.16. The van der Waals surface area contributed by atoms with Crippen molar-refractivity contribution in [3.05, 3.63) is 35.7 Å². The van der Waals surface area contributed by atoms with Crippen LogP contribution in [-0.2, 0) is 0 Å². The molecule has 1 aromatic heterocycles. The summed E-state index contributed by atoms with van der Waals surface area (Å²) in [4.78, 5) is 15.1. The van der Waals surface area contributed by atoms with E-state index in [0.717, 1.165) is 5.56 Å². The summed E-state index contributed by atoms with van der Waals surface area (Å²) in [5.74, 6) is -0.416. The number of hydrogen-bond donors (Lipinski definition) is 4. The van der Waals surface area contributed by atoms with Crippen LogP contribution >= 0.6 is 0 Å². The molecule has 0 spiro atoms. The summed E-state index contributed by atoms with van der Waals surface area (Å²) < 4.78 is 0. The lowest BCUT2D eigenvalue weighted by Crippen LogP contribution is -2.19. The molecule has 1 heterocycles. The Hall–Kier alpha value is -2.90. The van der Waals surface area contributed by atoms with E-state index in [-0.39, 0.29) is 17.5 Å². The number of aromatic amines is 1. The van der Waals surface area contributed by atoms with Gasteiger partial charge in [0, 0.05) is 0 Å². The van der Waals surface area contributed by atoms with E-state index in [4.69, 9.17) is 10.8 Å². The molecule has 0 aliphatic carbocycles. The minimum Gasteiger partial charge on any atom is -0.508 e. The van der Waals surface area contributed by atoms with Gasteiger partial charge in [-0.05, 0) is 29.8 Å². The molecule has 2 aromatic rings. The maximum absolute atomic E-state index is 11.4. The molecule has 0 aliphatic rings. The number of carbonyl (C=O) groups is 1. The van der Waals surface area contributed by atoms with Crippen LogP contribution in [0.3, 0.4) is 0 Å². The number of phenolic OH excluding ortho intramolecular Hbond substituents is 1. The van der Waals surface area contributed by atoms with Gasteiger partial charge in [-0.2, -0.15) is 10.1 Å². The molecule has 0 fully saturated rings. The molecule has 92 valence electrons. The number of aromatic hydroxyl groups is 1. The molecule has 0 unspecified atom stereocenters. The number of hydrogen-bond acceptors (Lipinski definition) is 6. The van der Waals surface area contributed by atoms with Gasteiger partial charge in [-0.3, -0.25) is 9.89 Å². The molecule has 0 aliphatic heterocycles. The highest BCUT2D eigenvalue weighted by molar-refractivity contribution is 5.91. The normalized spacial score (nSPS) is 10.7. The number of benzene rings is 1.